The maximum absolute atomic E-state index is 8.91. The van der Waals surface area contributed by atoms with Crippen LogP contribution >= 0.6 is 0 Å². The van der Waals surface area contributed by atoms with E-state index < -0.39 is 0 Å². The van der Waals surface area contributed by atoms with E-state index in [4.69, 9.17) is 9.76 Å². The molecular formula is C9H11BO2. The third-order valence-electron chi connectivity index (χ3n) is 2.32. The molecule has 1 heterocycles. The lowest BCUT2D eigenvalue weighted by Crippen LogP contribution is -2.24. The van der Waals surface area contributed by atoms with Crippen LogP contribution in [0.4, 0.5) is 0 Å². The van der Waals surface area contributed by atoms with Gasteiger partial charge in [0.2, 0.25) is 0 Å². The topological polar surface area (TPSA) is 29.5 Å². The van der Waals surface area contributed by atoms with Crippen molar-refractivity contribution in [2.45, 2.75) is 20.0 Å². The molecule has 1 aliphatic heterocycles. The van der Waals surface area contributed by atoms with Gasteiger partial charge >= 0.3 is 6.92 Å². The van der Waals surface area contributed by atoms with Crippen LogP contribution in [0.1, 0.15) is 11.1 Å². The van der Waals surface area contributed by atoms with E-state index in [-0.39, 0.29) is 13.5 Å². The quantitative estimate of drug-likeness (QED) is 0.610. The van der Waals surface area contributed by atoms with Gasteiger partial charge in [-0.15, -0.1) is 0 Å². The number of aliphatic hydroxyl groups is 1. The summed E-state index contributed by atoms with van der Waals surface area (Å²) in [5.74, 6) is 0. The molecule has 0 radical (unpaired) electrons. The average molecular weight is 162 g/mol. The highest BCUT2D eigenvalue weighted by Gasteiger charge is 2.22. The van der Waals surface area contributed by atoms with Crippen molar-refractivity contribution < 1.29 is 9.76 Å². The lowest BCUT2D eigenvalue weighted by molar-refractivity contribution is 0.282. The van der Waals surface area contributed by atoms with Crippen molar-refractivity contribution in [1.29, 1.82) is 0 Å². The Bertz CT molecular complexity index is 299. The summed E-state index contributed by atoms with van der Waals surface area (Å²) in [7, 11) is 0. The number of hydrogen-bond donors (Lipinski definition) is 1. The Morgan fingerprint density at radius 1 is 1.58 bits per heavy atom. The predicted octanol–water partition coefficient (Wildman–Crippen LogP) is 0.537. The van der Waals surface area contributed by atoms with Crippen molar-refractivity contribution >= 4 is 12.4 Å². The van der Waals surface area contributed by atoms with E-state index >= 15 is 0 Å². The van der Waals surface area contributed by atoms with Gasteiger partial charge in [-0.1, -0.05) is 25.0 Å². The highest BCUT2D eigenvalue weighted by atomic mass is 16.4. The molecule has 0 aliphatic carbocycles. The van der Waals surface area contributed by atoms with Gasteiger partial charge in [0.1, 0.15) is 0 Å². The van der Waals surface area contributed by atoms with Crippen molar-refractivity contribution in [3.05, 3.63) is 29.3 Å². The number of aliphatic hydroxyl groups excluding tert-OH is 1. The number of hydrogen-bond acceptors (Lipinski definition) is 2. The van der Waals surface area contributed by atoms with Gasteiger partial charge in [-0.05, 0) is 16.6 Å². The summed E-state index contributed by atoms with van der Waals surface area (Å²) in [5, 5.41) is 8.91. The van der Waals surface area contributed by atoms with E-state index in [0.29, 0.717) is 6.61 Å². The summed E-state index contributed by atoms with van der Waals surface area (Å²) in [6, 6.07) is 6.00. The van der Waals surface area contributed by atoms with Crippen LogP contribution in [-0.2, 0) is 17.9 Å². The molecule has 0 saturated carbocycles. The molecule has 0 saturated heterocycles. The molecule has 2 rings (SSSR count). The fourth-order valence-corrected chi connectivity index (χ4v) is 1.56. The second kappa shape index (κ2) is 2.92. The summed E-state index contributed by atoms with van der Waals surface area (Å²) < 4.78 is 5.44. The molecule has 1 N–H and O–H groups in total. The minimum Gasteiger partial charge on any atom is -0.427 e. The Morgan fingerprint density at radius 3 is 3.17 bits per heavy atom. The maximum atomic E-state index is 8.91. The summed E-state index contributed by atoms with van der Waals surface area (Å²) >= 11 is 0. The van der Waals surface area contributed by atoms with Crippen LogP contribution in [0.5, 0.6) is 0 Å². The summed E-state index contributed by atoms with van der Waals surface area (Å²) in [4.78, 5) is 0. The third-order valence-corrected chi connectivity index (χ3v) is 2.32. The smallest absolute Gasteiger partial charge is 0.324 e. The van der Waals surface area contributed by atoms with Crippen LogP contribution in [0.3, 0.4) is 0 Å². The van der Waals surface area contributed by atoms with Crippen molar-refractivity contribution in [2.24, 2.45) is 0 Å². The molecule has 12 heavy (non-hydrogen) atoms. The van der Waals surface area contributed by atoms with Gasteiger partial charge in [0.05, 0.1) is 13.2 Å². The van der Waals surface area contributed by atoms with Gasteiger partial charge in [0.25, 0.3) is 0 Å². The van der Waals surface area contributed by atoms with Gasteiger partial charge in [0, 0.05) is 0 Å². The van der Waals surface area contributed by atoms with E-state index in [1.807, 2.05) is 25.0 Å². The van der Waals surface area contributed by atoms with Crippen molar-refractivity contribution in [3.63, 3.8) is 0 Å². The highest BCUT2D eigenvalue weighted by molar-refractivity contribution is 6.67. The minimum absolute atomic E-state index is 0.111. The first-order valence-electron chi connectivity index (χ1n) is 4.15. The first-order chi connectivity index (χ1) is 5.81. The van der Waals surface area contributed by atoms with E-state index in [2.05, 4.69) is 0 Å². The van der Waals surface area contributed by atoms with Crippen LogP contribution in [0.25, 0.3) is 0 Å². The van der Waals surface area contributed by atoms with Crippen LogP contribution in [0.15, 0.2) is 18.2 Å². The summed E-state index contributed by atoms with van der Waals surface area (Å²) in [5.41, 5.74) is 3.44. The molecule has 0 atom stereocenters. The maximum Gasteiger partial charge on any atom is 0.324 e. The standard InChI is InChI=1S/C9H11BO2/c1-10-9-4-7(5-11)2-3-8(9)6-12-10/h2-4,11H,5-6H2,1H3. The molecule has 0 bridgehead atoms. The highest BCUT2D eigenvalue weighted by Crippen LogP contribution is 2.12. The number of benzene rings is 1. The van der Waals surface area contributed by atoms with Gasteiger partial charge in [-0.25, -0.2) is 0 Å². The monoisotopic (exact) mass is 162 g/mol. The van der Waals surface area contributed by atoms with Crippen molar-refractivity contribution in [2.75, 3.05) is 0 Å². The Balaban J connectivity index is 2.43. The van der Waals surface area contributed by atoms with Gasteiger partial charge in [-0.2, -0.15) is 0 Å². The molecule has 0 unspecified atom stereocenters. The molecule has 0 fully saturated rings. The zero-order chi connectivity index (χ0) is 8.55. The molecule has 1 aliphatic rings. The van der Waals surface area contributed by atoms with E-state index in [1.54, 1.807) is 0 Å². The minimum atomic E-state index is 0.111. The Kier molecular flexibility index (Phi) is 1.91. The largest absolute Gasteiger partial charge is 0.427 e. The van der Waals surface area contributed by atoms with Crippen LogP contribution in [0, 0.1) is 0 Å². The van der Waals surface area contributed by atoms with Crippen LogP contribution < -0.4 is 5.46 Å². The Hall–Kier alpha value is -0.795. The zero-order valence-corrected chi connectivity index (χ0v) is 7.08. The van der Waals surface area contributed by atoms with Gasteiger partial charge < -0.3 is 9.76 Å². The van der Waals surface area contributed by atoms with Crippen molar-refractivity contribution in [1.82, 2.24) is 0 Å². The van der Waals surface area contributed by atoms with Crippen LogP contribution in [0.2, 0.25) is 6.82 Å². The molecular weight excluding hydrogens is 151 g/mol. The van der Waals surface area contributed by atoms with Gasteiger partial charge in [-0.3, -0.25) is 0 Å². The third kappa shape index (κ3) is 1.15. The lowest BCUT2D eigenvalue weighted by Gasteiger charge is -2.01. The molecule has 1 aromatic rings. The molecule has 1 aromatic carbocycles. The zero-order valence-electron chi connectivity index (χ0n) is 7.08. The second-order valence-corrected chi connectivity index (χ2v) is 3.14. The molecule has 0 spiro atoms. The molecule has 3 heteroatoms. The van der Waals surface area contributed by atoms with Crippen LogP contribution in [-0.4, -0.2) is 12.0 Å². The molecule has 62 valence electrons. The van der Waals surface area contributed by atoms with E-state index in [9.17, 15) is 0 Å². The molecule has 2 nitrogen and oxygen atoms in total. The Morgan fingerprint density at radius 2 is 2.42 bits per heavy atom. The predicted molar refractivity (Wildman–Crippen MR) is 48.4 cm³/mol. The fraction of sp³-hybridized carbons (Fsp3) is 0.333. The molecule has 0 aromatic heterocycles. The fourth-order valence-electron chi connectivity index (χ4n) is 1.56. The second-order valence-electron chi connectivity index (χ2n) is 3.14. The average Bonchev–Trinajstić information content (AvgIpc) is 2.47. The van der Waals surface area contributed by atoms with Crippen molar-refractivity contribution in [3.8, 4) is 0 Å². The number of fused-ring (bicyclic) bond motifs is 1. The van der Waals surface area contributed by atoms with E-state index in [0.717, 1.165) is 5.56 Å². The first-order valence-corrected chi connectivity index (χ1v) is 4.15. The van der Waals surface area contributed by atoms with E-state index in [1.165, 1.54) is 11.0 Å². The molecule has 0 amide bonds. The SMILES string of the molecule is CB1OCc2ccc(CO)cc21. The lowest BCUT2D eigenvalue weighted by atomic mass is 9.64. The van der Waals surface area contributed by atoms with Gasteiger partial charge in [0.15, 0.2) is 0 Å². The number of rotatable bonds is 1. The summed E-state index contributed by atoms with van der Waals surface area (Å²) in [6.45, 7) is 3.04. The summed E-state index contributed by atoms with van der Waals surface area (Å²) in [6.07, 6.45) is 0. The Labute approximate surface area is 72.3 Å². The normalized spacial score (nSPS) is 15.0. The first kappa shape index (κ1) is 7.83.